The quantitative estimate of drug-likeness (QED) is 0.518. The van der Waals surface area contributed by atoms with Gasteiger partial charge in [0.05, 0.1) is 0 Å². The molecule has 0 saturated carbocycles. The maximum absolute atomic E-state index is 11.9. The van der Waals surface area contributed by atoms with E-state index in [0.717, 1.165) is 0 Å². The molecule has 1 aromatic heterocycles. The monoisotopic (exact) mass is 295 g/mol. The SMILES string of the molecule is O=C(C=C(O)c1cccc(Br)n1)C(F)(F)F. The second-order valence-corrected chi connectivity index (χ2v) is 3.55. The molecule has 0 amide bonds. The fourth-order valence-corrected chi connectivity index (χ4v) is 1.17. The molecule has 3 nitrogen and oxygen atoms in total. The second-order valence-electron chi connectivity index (χ2n) is 2.74. The number of ketones is 1. The van der Waals surface area contributed by atoms with Gasteiger partial charge in [-0.25, -0.2) is 4.98 Å². The first-order valence-electron chi connectivity index (χ1n) is 3.95. The van der Waals surface area contributed by atoms with Crippen LogP contribution in [-0.2, 0) is 4.79 Å². The van der Waals surface area contributed by atoms with Gasteiger partial charge < -0.3 is 5.11 Å². The third-order valence-electron chi connectivity index (χ3n) is 1.52. The topological polar surface area (TPSA) is 50.2 Å². The molecule has 0 bridgehead atoms. The van der Waals surface area contributed by atoms with Crippen LogP contribution in [0.4, 0.5) is 13.2 Å². The van der Waals surface area contributed by atoms with Crippen LogP contribution in [0, 0.1) is 0 Å². The highest BCUT2D eigenvalue weighted by Gasteiger charge is 2.37. The average molecular weight is 296 g/mol. The predicted octanol–water partition coefficient (Wildman–Crippen LogP) is 2.87. The summed E-state index contributed by atoms with van der Waals surface area (Å²) in [6.45, 7) is 0. The van der Waals surface area contributed by atoms with Crippen LogP contribution < -0.4 is 0 Å². The molecular formula is C9H5BrF3NO2. The number of hydrogen-bond acceptors (Lipinski definition) is 3. The van der Waals surface area contributed by atoms with Crippen molar-refractivity contribution in [1.29, 1.82) is 0 Å². The van der Waals surface area contributed by atoms with Gasteiger partial charge in [0, 0.05) is 6.08 Å². The summed E-state index contributed by atoms with van der Waals surface area (Å²) < 4.78 is 35.9. The Morgan fingerprint density at radius 1 is 1.44 bits per heavy atom. The summed E-state index contributed by atoms with van der Waals surface area (Å²) >= 11 is 2.98. The van der Waals surface area contributed by atoms with Crippen molar-refractivity contribution >= 4 is 27.5 Å². The fraction of sp³-hybridized carbons (Fsp3) is 0.111. The maximum Gasteiger partial charge on any atom is 0.454 e. The van der Waals surface area contributed by atoms with Crippen LogP contribution in [0.15, 0.2) is 28.9 Å². The van der Waals surface area contributed by atoms with Gasteiger partial charge in [0.15, 0.2) is 0 Å². The fourth-order valence-electron chi connectivity index (χ4n) is 0.831. The smallest absolute Gasteiger partial charge is 0.454 e. The molecule has 1 aromatic rings. The molecule has 1 heterocycles. The van der Waals surface area contributed by atoms with Crippen molar-refractivity contribution in [2.45, 2.75) is 6.18 Å². The van der Waals surface area contributed by atoms with Crippen molar-refractivity contribution in [1.82, 2.24) is 4.98 Å². The van der Waals surface area contributed by atoms with Gasteiger partial charge in [-0.1, -0.05) is 6.07 Å². The van der Waals surface area contributed by atoms with Crippen LogP contribution in [0.2, 0.25) is 0 Å². The lowest BCUT2D eigenvalue weighted by atomic mass is 10.2. The van der Waals surface area contributed by atoms with E-state index < -0.39 is 17.7 Å². The number of carbonyl (C=O) groups excluding carboxylic acids is 1. The summed E-state index contributed by atoms with van der Waals surface area (Å²) in [4.78, 5) is 14.2. The van der Waals surface area contributed by atoms with E-state index in [-0.39, 0.29) is 11.8 Å². The number of pyridine rings is 1. The van der Waals surface area contributed by atoms with Gasteiger partial charge in [-0.05, 0) is 28.1 Å². The highest BCUT2D eigenvalue weighted by molar-refractivity contribution is 9.10. The Morgan fingerprint density at radius 3 is 2.56 bits per heavy atom. The van der Waals surface area contributed by atoms with Gasteiger partial charge in [0.2, 0.25) is 0 Å². The molecule has 16 heavy (non-hydrogen) atoms. The minimum Gasteiger partial charge on any atom is -0.506 e. The minimum atomic E-state index is -5.00. The van der Waals surface area contributed by atoms with E-state index in [1.54, 1.807) is 0 Å². The molecule has 0 radical (unpaired) electrons. The molecule has 0 aromatic carbocycles. The zero-order chi connectivity index (χ0) is 12.3. The molecule has 0 atom stereocenters. The molecule has 0 spiro atoms. The van der Waals surface area contributed by atoms with Crippen LogP contribution in [0.1, 0.15) is 5.69 Å². The van der Waals surface area contributed by atoms with Crippen molar-refractivity contribution in [3.63, 3.8) is 0 Å². The van der Waals surface area contributed by atoms with Crippen molar-refractivity contribution in [3.8, 4) is 0 Å². The highest BCUT2D eigenvalue weighted by atomic mass is 79.9. The molecule has 1 rings (SSSR count). The van der Waals surface area contributed by atoms with Crippen LogP contribution in [0.25, 0.3) is 5.76 Å². The molecule has 0 saturated heterocycles. The summed E-state index contributed by atoms with van der Waals surface area (Å²) in [5, 5.41) is 9.24. The first-order chi connectivity index (χ1) is 7.30. The Kier molecular flexibility index (Phi) is 3.69. The predicted molar refractivity (Wildman–Crippen MR) is 53.6 cm³/mol. The van der Waals surface area contributed by atoms with Gasteiger partial charge in [0.25, 0.3) is 5.78 Å². The summed E-state index contributed by atoms with van der Waals surface area (Å²) in [6, 6.07) is 4.27. The number of aliphatic hydroxyl groups is 1. The summed E-state index contributed by atoms with van der Waals surface area (Å²) in [5.74, 6) is -2.96. The van der Waals surface area contributed by atoms with E-state index in [1.807, 2.05) is 0 Å². The van der Waals surface area contributed by atoms with Crippen molar-refractivity contribution < 1.29 is 23.1 Å². The van der Waals surface area contributed by atoms with Crippen LogP contribution in [0.3, 0.4) is 0 Å². The summed E-state index contributed by atoms with van der Waals surface area (Å²) in [6.07, 6.45) is -4.91. The number of aromatic nitrogens is 1. The number of carbonyl (C=O) groups is 1. The van der Waals surface area contributed by atoms with E-state index in [0.29, 0.717) is 4.60 Å². The molecule has 0 aliphatic rings. The first-order valence-corrected chi connectivity index (χ1v) is 4.75. The molecule has 1 N–H and O–H groups in total. The zero-order valence-corrected chi connectivity index (χ0v) is 9.21. The van der Waals surface area contributed by atoms with Crippen LogP contribution >= 0.6 is 15.9 Å². The third kappa shape index (κ3) is 3.34. The Morgan fingerprint density at radius 2 is 2.06 bits per heavy atom. The first kappa shape index (κ1) is 12.7. The van der Waals surface area contributed by atoms with E-state index in [1.165, 1.54) is 18.2 Å². The van der Waals surface area contributed by atoms with E-state index in [9.17, 15) is 23.1 Å². The van der Waals surface area contributed by atoms with Gasteiger partial charge in [0.1, 0.15) is 16.1 Å². The second kappa shape index (κ2) is 4.65. The number of allylic oxidation sites excluding steroid dienone is 1. The lowest BCUT2D eigenvalue weighted by Gasteiger charge is -2.02. The average Bonchev–Trinajstić information content (AvgIpc) is 2.16. The summed E-state index contributed by atoms with van der Waals surface area (Å²) in [7, 11) is 0. The number of halogens is 4. The Bertz CT molecular complexity index is 443. The molecule has 0 aliphatic heterocycles. The molecule has 86 valence electrons. The van der Waals surface area contributed by atoms with Crippen molar-refractivity contribution in [2.24, 2.45) is 0 Å². The maximum atomic E-state index is 11.9. The number of rotatable bonds is 2. The highest BCUT2D eigenvalue weighted by Crippen LogP contribution is 2.19. The summed E-state index contributed by atoms with van der Waals surface area (Å²) in [5.41, 5.74) is -0.119. The number of hydrogen-bond donors (Lipinski definition) is 1. The van der Waals surface area contributed by atoms with Crippen LogP contribution in [-0.4, -0.2) is 22.1 Å². The third-order valence-corrected chi connectivity index (χ3v) is 1.97. The van der Waals surface area contributed by atoms with E-state index in [4.69, 9.17) is 0 Å². The lowest BCUT2D eigenvalue weighted by Crippen LogP contribution is -2.20. The largest absolute Gasteiger partial charge is 0.506 e. The van der Waals surface area contributed by atoms with Crippen molar-refractivity contribution in [2.75, 3.05) is 0 Å². The van der Waals surface area contributed by atoms with Crippen molar-refractivity contribution in [3.05, 3.63) is 34.6 Å². The molecule has 0 fully saturated rings. The van der Waals surface area contributed by atoms with Gasteiger partial charge in [-0.3, -0.25) is 4.79 Å². The van der Waals surface area contributed by atoms with Gasteiger partial charge in [-0.2, -0.15) is 13.2 Å². The number of aliphatic hydroxyl groups excluding tert-OH is 1. The minimum absolute atomic E-state index is 0.0920. The molecule has 0 unspecified atom stereocenters. The van der Waals surface area contributed by atoms with E-state index in [2.05, 4.69) is 20.9 Å². The molecule has 0 aliphatic carbocycles. The Hall–Kier alpha value is -1.37. The normalized spacial score (nSPS) is 12.6. The van der Waals surface area contributed by atoms with Gasteiger partial charge in [-0.15, -0.1) is 0 Å². The van der Waals surface area contributed by atoms with Crippen LogP contribution in [0.5, 0.6) is 0 Å². The van der Waals surface area contributed by atoms with E-state index >= 15 is 0 Å². The zero-order valence-electron chi connectivity index (χ0n) is 7.62. The lowest BCUT2D eigenvalue weighted by molar-refractivity contribution is -0.165. The van der Waals surface area contributed by atoms with Gasteiger partial charge >= 0.3 is 6.18 Å². The standard InChI is InChI=1S/C9H5BrF3NO2/c10-8-3-1-2-5(14-8)6(15)4-7(16)9(11,12)13/h1-4,15H. The number of nitrogens with zero attached hydrogens (tertiary/aromatic N) is 1. The molecular weight excluding hydrogens is 291 g/mol. The Balaban J connectivity index is 2.99. The number of alkyl halides is 3. The molecule has 7 heteroatoms. The Labute approximate surface area is 96.7 Å².